The zero-order chi connectivity index (χ0) is 13.7. The zero-order valence-corrected chi connectivity index (χ0v) is 10.8. The van der Waals surface area contributed by atoms with Gasteiger partial charge < -0.3 is 5.32 Å². The first-order chi connectivity index (χ1) is 8.47. The number of likely N-dealkylation sites (N-methyl/N-ethyl adjacent to an activating group) is 2. The largest absolute Gasteiger partial charge is 0.318 e. The van der Waals surface area contributed by atoms with Crippen LogP contribution in [0, 0.1) is 11.6 Å². The highest BCUT2D eigenvalue weighted by atomic mass is 19.2. The van der Waals surface area contributed by atoms with Crippen LogP contribution in [0.3, 0.4) is 0 Å². The van der Waals surface area contributed by atoms with E-state index in [-0.39, 0.29) is 17.4 Å². The number of hydrogen-bond donors (Lipinski definition) is 1. The molecule has 5 heteroatoms. The third kappa shape index (κ3) is 3.58. The van der Waals surface area contributed by atoms with E-state index in [2.05, 4.69) is 5.32 Å². The lowest BCUT2D eigenvalue weighted by Crippen LogP contribution is -2.39. The van der Waals surface area contributed by atoms with Gasteiger partial charge in [-0.1, -0.05) is 0 Å². The molecule has 0 aromatic heterocycles. The minimum absolute atomic E-state index is 0.192. The zero-order valence-electron chi connectivity index (χ0n) is 10.8. The van der Waals surface area contributed by atoms with Gasteiger partial charge in [-0.25, -0.2) is 8.78 Å². The van der Waals surface area contributed by atoms with Crippen molar-refractivity contribution >= 4 is 5.78 Å². The third-order valence-electron chi connectivity index (χ3n) is 2.96. The fourth-order valence-electron chi connectivity index (χ4n) is 1.57. The van der Waals surface area contributed by atoms with Crippen LogP contribution in [0.1, 0.15) is 17.3 Å². The predicted molar refractivity (Wildman–Crippen MR) is 66.7 cm³/mol. The number of ketones is 1. The minimum atomic E-state index is -0.995. The summed E-state index contributed by atoms with van der Waals surface area (Å²) in [7, 11) is 3.65. The second-order valence-corrected chi connectivity index (χ2v) is 4.25. The molecule has 0 aliphatic rings. The number of halogens is 2. The van der Waals surface area contributed by atoms with E-state index >= 15 is 0 Å². The number of carbonyl (C=O) groups excluding carboxylic acids is 1. The van der Waals surface area contributed by atoms with Gasteiger partial charge in [0.2, 0.25) is 0 Å². The maximum Gasteiger partial charge on any atom is 0.179 e. The van der Waals surface area contributed by atoms with Crippen LogP contribution >= 0.6 is 0 Å². The summed E-state index contributed by atoms with van der Waals surface area (Å²) in [5.41, 5.74) is 0.192. The first-order valence-electron chi connectivity index (χ1n) is 5.81. The van der Waals surface area contributed by atoms with E-state index in [4.69, 9.17) is 0 Å². The van der Waals surface area contributed by atoms with Crippen molar-refractivity contribution in [3.8, 4) is 0 Å². The van der Waals surface area contributed by atoms with Crippen molar-refractivity contribution < 1.29 is 13.6 Å². The van der Waals surface area contributed by atoms with Gasteiger partial charge >= 0.3 is 0 Å². The van der Waals surface area contributed by atoms with Gasteiger partial charge in [0.1, 0.15) is 0 Å². The number of carbonyl (C=O) groups is 1. The van der Waals surface area contributed by atoms with Crippen molar-refractivity contribution in [2.24, 2.45) is 0 Å². The fourth-order valence-corrected chi connectivity index (χ4v) is 1.57. The van der Waals surface area contributed by atoms with Gasteiger partial charge in [0, 0.05) is 18.7 Å². The molecule has 100 valence electrons. The van der Waals surface area contributed by atoms with Crippen LogP contribution in [0.15, 0.2) is 18.2 Å². The van der Waals surface area contributed by atoms with Gasteiger partial charge in [0.15, 0.2) is 17.4 Å². The Labute approximate surface area is 106 Å². The average molecular weight is 256 g/mol. The number of hydrogen-bond acceptors (Lipinski definition) is 3. The van der Waals surface area contributed by atoms with Crippen molar-refractivity contribution in [1.29, 1.82) is 0 Å². The summed E-state index contributed by atoms with van der Waals surface area (Å²) >= 11 is 0. The maximum absolute atomic E-state index is 13.1. The number of nitrogens with one attached hydrogen (secondary N) is 1. The van der Waals surface area contributed by atoms with E-state index in [1.807, 2.05) is 19.0 Å². The molecule has 0 fully saturated rings. The quantitative estimate of drug-likeness (QED) is 0.786. The Morgan fingerprint density at radius 1 is 1.39 bits per heavy atom. The molecule has 1 aromatic rings. The van der Waals surface area contributed by atoms with Crippen LogP contribution in [0.4, 0.5) is 8.78 Å². The lowest BCUT2D eigenvalue weighted by atomic mass is 10.0. The van der Waals surface area contributed by atoms with E-state index in [0.29, 0.717) is 6.54 Å². The van der Waals surface area contributed by atoms with Gasteiger partial charge in [-0.3, -0.25) is 9.69 Å². The molecule has 0 radical (unpaired) electrons. The number of benzene rings is 1. The van der Waals surface area contributed by atoms with E-state index in [0.717, 1.165) is 18.7 Å². The van der Waals surface area contributed by atoms with Crippen molar-refractivity contribution in [1.82, 2.24) is 10.2 Å². The van der Waals surface area contributed by atoms with Crippen LogP contribution in [-0.4, -0.2) is 43.9 Å². The van der Waals surface area contributed by atoms with Crippen LogP contribution in [0.25, 0.3) is 0 Å². The Hall–Kier alpha value is -1.33. The highest BCUT2D eigenvalue weighted by molar-refractivity contribution is 5.99. The number of rotatable bonds is 6. The summed E-state index contributed by atoms with van der Waals surface area (Å²) in [5, 5.41) is 2.99. The van der Waals surface area contributed by atoms with E-state index in [1.54, 1.807) is 6.92 Å². The van der Waals surface area contributed by atoms with Gasteiger partial charge in [0.25, 0.3) is 0 Å². The molecule has 0 aliphatic carbocycles. The molecule has 1 atom stereocenters. The molecule has 0 spiro atoms. The summed E-state index contributed by atoms with van der Waals surface area (Å²) in [6.07, 6.45) is 0. The molecule has 3 nitrogen and oxygen atoms in total. The molecule has 1 N–H and O–H groups in total. The summed E-state index contributed by atoms with van der Waals surface area (Å²) in [6.45, 7) is 3.21. The second kappa shape index (κ2) is 6.56. The molecular formula is C13H18F2N2O. The van der Waals surface area contributed by atoms with Crippen LogP contribution in [0.5, 0.6) is 0 Å². The molecular weight excluding hydrogens is 238 g/mol. The molecule has 1 rings (SSSR count). The van der Waals surface area contributed by atoms with Gasteiger partial charge in [0.05, 0.1) is 6.04 Å². The Morgan fingerprint density at radius 2 is 2.06 bits per heavy atom. The highest BCUT2D eigenvalue weighted by Gasteiger charge is 2.20. The average Bonchev–Trinajstić information content (AvgIpc) is 2.37. The fraction of sp³-hybridized carbons (Fsp3) is 0.462. The normalized spacial score (nSPS) is 12.8. The molecule has 0 amide bonds. The standard InChI is InChI=1S/C13H18F2N2O/c1-9(17(3)7-6-16-2)13(18)10-4-5-11(14)12(15)8-10/h4-5,8-9,16H,6-7H2,1-3H3. The number of Topliss-reactive ketones (excluding diaryl/α,β-unsaturated/α-hetero) is 1. The Balaban J connectivity index is 2.76. The summed E-state index contributed by atoms with van der Waals surface area (Å²) < 4.78 is 25.8. The van der Waals surface area contributed by atoms with Crippen LogP contribution < -0.4 is 5.32 Å². The molecule has 0 heterocycles. The summed E-state index contributed by atoms with van der Waals surface area (Å²) in [6, 6.07) is 2.86. The monoisotopic (exact) mass is 256 g/mol. The SMILES string of the molecule is CNCCN(C)C(C)C(=O)c1ccc(F)c(F)c1. The van der Waals surface area contributed by atoms with Crippen LogP contribution in [-0.2, 0) is 0 Å². The predicted octanol–water partition coefficient (Wildman–Crippen LogP) is 1.69. The molecule has 0 aliphatic heterocycles. The summed E-state index contributed by atoms with van der Waals surface area (Å²) in [5.74, 6) is -2.15. The highest BCUT2D eigenvalue weighted by Crippen LogP contribution is 2.12. The van der Waals surface area contributed by atoms with Crippen molar-refractivity contribution in [2.45, 2.75) is 13.0 Å². The first-order valence-corrected chi connectivity index (χ1v) is 5.81. The second-order valence-electron chi connectivity index (χ2n) is 4.25. The van der Waals surface area contributed by atoms with Crippen molar-refractivity contribution in [3.05, 3.63) is 35.4 Å². The van der Waals surface area contributed by atoms with Gasteiger partial charge in [-0.15, -0.1) is 0 Å². The maximum atomic E-state index is 13.1. The smallest absolute Gasteiger partial charge is 0.179 e. The summed E-state index contributed by atoms with van der Waals surface area (Å²) in [4.78, 5) is 13.9. The molecule has 18 heavy (non-hydrogen) atoms. The van der Waals surface area contributed by atoms with E-state index < -0.39 is 11.6 Å². The Bertz CT molecular complexity index is 423. The first kappa shape index (κ1) is 14.7. The Kier molecular flexibility index (Phi) is 5.37. The molecule has 0 bridgehead atoms. The van der Waals surface area contributed by atoms with E-state index in [1.165, 1.54) is 6.07 Å². The third-order valence-corrected chi connectivity index (χ3v) is 2.96. The van der Waals surface area contributed by atoms with Gasteiger partial charge in [-0.05, 0) is 39.2 Å². The molecule has 1 unspecified atom stereocenters. The molecule has 0 saturated carbocycles. The van der Waals surface area contributed by atoms with Gasteiger partial charge in [-0.2, -0.15) is 0 Å². The number of nitrogens with zero attached hydrogens (tertiary/aromatic N) is 1. The molecule has 1 aromatic carbocycles. The minimum Gasteiger partial charge on any atom is -0.318 e. The topological polar surface area (TPSA) is 32.3 Å². The Morgan fingerprint density at radius 3 is 2.61 bits per heavy atom. The lowest BCUT2D eigenvalue weighted by molar-refractivity contribution is 0.0869. The van der Waals surface area contributed by atoms with Crippen LogP contribution in [0.2, 0.25) is 0 Å². The van der Waals surface area contributed by atoms with Crippen molar-refractivity contribution in [3.63, 3.8) is 0 Å². The van der Waals surface area contributed by atoms with Crippen molar-refractivity contribution in [2.75, 3.05) is 27.2 Å². The lowest BCUT2D eigenvalue weighted by Gasteiger charge is -2.23. The van der Waals surface area contributed by atoms with E-state index in [9.17, 15) is 13.6 Å². The molecule has 0 saturated heterocycles.